The normalized spacial score (nSPS) is 10.5. The molecule has 0 atom stereocenters. The summed E-state index contributed by atoms with van der Waals surface area (Å²) in [6.45, 7) is 2.21. The summed E-state index contributed by atoms with van der Waals surface area (Å²) in [5.74, 6) is 0.399. The number of nitrogens with two attached hydrogens (primary N) is 1. The second-order valence-corrected chi connectivity index (χ2v) is 5.98. The summed E-state index contributed by atoms with van der Waals surface area (Å²) in [4.78, 5) is 11.3. The maximum Gasteiger partial charge on any atom is 0.248 e. The highest BCUT2D eigenvalue weighted by atomic mass is 16.5. The lowest BCUT2D eigenvalue weighted by atomic mass is 10.0. The van der Waals surface area contributed by atoms with Crippen molar-refractivity contribution in [2.24, 2.45) is 5.73 Å². The molecule has 0 spiro atoms. The molecule has 0 fully saturated rings. The van der Waals surface area contributed by atoms with E-state index in [1.165, 1.54) is 5.56 Å². The molecule has 3 aromatic rings. The molecule has 0 aliphatic carbocycles. The van der Waals surface area contributed by atoms with Gasteiger partial charge in [-0.3, -0.25) is 4.79 Å². The van der Waals surface area contributed by atoms with Gasteiger partial charge in [0.1, 0.15) is 12.4 Å². The lowest BCUT2D eigenvalue weighted by molar-refractivity contribution is 0.100. The fourth-order valence-corrected chi connectivity index (χ4v) is 2.67. The first-order valence-corrected chi connectivity index (χ1v) is 8.60. The first-order chi connectivity index (χ1) is 12.7. The monoisotopic (exact) mass is 346 g/mol. The summed E-state index contributed by atoms with van der Waals surface area (Å²) >= 11 is 0. The van der Waals surface area contributed by atoms with Crippen LogP contribution in [0.5, 0.6) is 5.75 Å². The number of carbonyl (C=O) groups is 1. The molecule has 0 unspecified atom stereocenters. The first kappa shape index (κ1) is 17.7. The molecule has 0 radical (unpaired) electrons. The molecule has 3 aromatic carbocycles. The van der Waals surface area contributed by atoms with E-state index in [1.54, 1.807) is 12.1 Å². The van der Waals surface area contributed by atoms with Gasteiger partial charge < -0.3 is 15.8 Å². The smallest absolute Gasteiger partial charge is 0.248 e. The number of nitrogens with one attached hydrogen (secondary N) is 1. The highest BCUT2D eigenvalue weighted by molar-refractivity contribution is 5.94. The van der Waals surface area contributed by atoms with E-state index in [2.05, 4.69) is 17.4 Å². The van der Waals surface area contributed by atoms with Crippen LogP contribution >= 0.6 is 0 Å². The average molecular weight is 346 g/mol. The van der Waals surface area contributed by atoms with Crippen molar-refractivity contribution in [2.75, 3.05) is 13.2 Å². The summed E-state index contributed by atoms with van der Waals surface area (Å²) in [5, 5.41) is 3.36. The summed E-state index contributed by atoms with van der Waals surface area (Å²) in [6, 6.07) is 25.4. The van der Waals surface area contributed by atoms with Crippen LogP contribution in [0.4, 0.5) is 0 Å². The van der Waals surface area contributed by atoms with E-state index < -0.39 is 5.91 Å². The van der Waals surface area contributed by atoms with E-state index in [9.17, 15) is 4.79 Å². The Morgan fingerprint density at radius 2 is 1.65 bits per heavy atom. The summed E-state index contributed by atoms with van der Waals surface area (Å²) in [5.41, 5.74) is 9.07. The van der Waals surface area contributed by atoms with Gasteiger partial charge in [-0.15, -0.1) is 0 Å². The molecule has 0 aromatic heterocycles. The molecule has 26 heavy (non-hydrogen) atoms. The molecule has 0 saturated heterocycles. The molecule has 0 heterocycles. The van der Waals surface area contributed by atoms with Gasteiger partial charge in [0.25, 0.3) is 0 Å². The Kier molecular flexibility index (Phi) is 6.01. The number of benzene rings is 3. The van der Waals surface area contributed by atoms with Gasteiger partial charge >= 0.3 is 0 Å². The zero-order valence-electron chi connectivity index (χ0n) is 14.5. The van der Waals surface area contributed by atoms with E-state index >= 15 is 0 Å². The lowest BCUT2D eigenvalue weighted by Gasteiger charge is -2.09. The predicted octanol–water partition coefficient (Wildman–Crippen LogP) is 3.62. The second kappa shape index (κ2) is 8.83. The largest absolute Gasteiger partial charge is 0.492 e. The van der Waals surface area contributed by atoms with Gasteiger partial charge in [0.15, 0.2) is 0 Å². The topological polar surface area (TPSA) is 64.4 Å². The zero-order valence-corrected chi connectivity index (χ0v) is 14.5. The molecule has 0 aliphatic heterocycles. The van der Waals surface area contributed by atoms with Gasteiger partial charge in [-0.05, 0) is 41.0 Å². The third-order valence-corrected chi connectivity index (χ3v) is 4.05. The molecular formula is C22H22N2O2. The van der Waals surface area contributed by atoms with E-state index in [4.69, 9.17) is 10.5 Å². The quantitative estimate of drug-likeness (QED) is 0.612. The van der Waals surface area contributed by atoms with Crippen molar-refractivity contribution in [1.82, 2.24) is 5.32 Å². The number of amides is 1. The lowest BCUT2D eigenvalue weighted by Crippen LogP contribution is -2.20. The van der Waals surface area contributed by atoms with Gasteiger partial charge in [-0.2, -0.15) is 0 Å². The first-order valence-electron chi connectivity index (χ1n) is 8.60. The average Bonchev–Trinajstić information content (AvgIpc) is 2.69. The molecule has 4 nitrogen and oxygen atoms in total. The highest BCUT2D eigenvalue weighted by Crippen LogP contribution is 2.23. The Hall–Kier alpha value is -3.11. The van der Waals surface area contributed by atoms with Crippen LogP contribution in [0.2, 0.25) is 0 Å². The van der Waals surface area contributed by atoms with Crippen molar-refractivity contribution in [3.63, 3.8) is 0 Å². The number of rotatable bonds is 8. The molecule has 3 N–H and O–H groups in total. The molecule has 0 bridgehead atoms. The fourth-order valence-electron chi connectivity index (χ4n) is 2.67. The van der Waals surface area contributed by atoms with Crippen molar-refractivity contribution >= 4 is 5.91 Å². The number of carbonyl (C=O) groups excluding carboxylic acids is 1. The van der Waals surface area contributed by atoms with Crippen LogP contribution in [-0.4, -0.2) is 19.1 Å². The van der Waals surface area contributed by atoms with Crippen molar-refractivity contribution < 1.29 is 9.53 Å². The molecule has 0 aliphatic rings. The SMILES string of the molecule is NC(=O)c1cccc(-c2ccc(OCCNCc3ccccc3)cc2)c1. The van der Waals surface area contributed by atoms with E-state index in [0.717, 1.165) is 30.0 Å². The minimum Gasteiger partial charge on any atom is -0.492 e. The van der Waals surface area contributed by atoms with Gasteiger partial charge in [0.2, 0.25) is 5.91 Å². The number of ether oxygens (including phenoxy) is 1. The van der Waals surface area contributed by atoms with Gasteiger partial charge in [0.05, 0.1) is 0 Å². The Bertz CT molecular complexity index is 846. The van der Waals surface area contributed by atoms with Crippen molar-refractivity contribution in [3.8, 4) is 16.9 Å². The Labute approximate surface area is 153 Å². The standard InChI is InChI=1S/C22H22N2O2/c23-22(25)20-8-4-7-19(15-20)18-9-11-21(12-10-18)26-14-13-24-16-17-5-2-1-3-6-17/h1-12,15,24H,13-14,16H2,(H2,23,25). The van der Waals surface area contributed by atoms with Crippen LogP contribution in [0.3, 0.4) is 0 Å². The maximum atomic E-state index is 11.3. The van der Waals surface area contributed by atoms with Gasteiger partial charge in [0, 0.05) is 18.7 Å². The van der Waals surface area contributed by atoms with E-state index in [0.29, 0.717) is 12.2 Å². The molecule has 3 rings (SSSR count). The summed E-state index contributed by atoms with van der Waals surface area (Å²) < 4.78 is 5.76. The highest BCUT2D eigenvalue weighted by Gasteiger charge is 2.03. The van der Waals surface area contributed by atoms with Crippen LogP contribution in [-0.2, 0) is 6.54 Å². The van der Waals surface area contributed by atoms with Crippen LogP contribution in [0.15, 0.2) is 78.9 Å². The van der Waals surface area contributed by atoms with Crippen LogP contribution in [0.1, 0.15) is 15.9 Å². The summed E-state index contributed by atoms with van der Waals surface area (Å²) in [6.07, 6.45) is 0. The van der Waals surface area contributed by atoms with E-state index in [1.807, 2.05) is 54.6 Å². The molecule has 1 amide bonds. The molecule has 4 heteroatoms. The van der Waals surface area contributed by atoms with Crippen molar-refractivity contribution in [1.29, 1.82) is 0 Å². The predicted molar refractivity (Wildman–Crippen MR) is 104 cm³/mol. The third kappa shape index (κ3) is 4.94. The Balaban J connectivity index is 1.48. The van der Waals surface area contributed by atoms with Crippen molar-refractivity contribution in [2.45, 2.75) is 6.54 Å². The third-order valence-electron chi connectivity index (χ3n) is 4.05. The molecule has 0 saturated carbocycles. The number of hydrogen-bond donors (Lipinski definition) is 2. The molecular weight excluding hydrogens is 324 g/mol. The number of primary amides is 1. The van der Waals surface area contributed by atoms with E-state index in [-0.39, 0.29) is 0 Å². The maximum absolute atomic E-state index is 11.3. The Morgan fingerprint density at radius 3 is 2.38 bits per heavy atom. The van der Waals surface area contributed by atoms with Gasteiger partial charge in [-0.1, -0.05) is 54.6 Å². The Morgan fingerprint density at radius 1 is 0.885 bits per heavy atom. The van der Waals surface area contributed by atoms with Crippen LogP contribution < -0.4 is 15.8 Å². The second-order valence-electron chi connectivity index (χ2n) is 5.98. The minimum atomic E-state index is -0.421. The molecule has 132 valence electrons. The fraction of sp³-hybridized carbons (Fsp3) is 0.136. The van der Waals surface area contributed by atoms with Crippen LogP contribution in [0, 0.1) is 0 Å². The minimum absolute atomic E-state index is 0.421. The van der Waals surface area contributed by atoms with Crippen LogP contribution in [0.25, 0.3) is 11.1 Å². The zero-order chi connectivity index (χ0) is 18.2. The van der Waals surface area contributed by atoms with Gasteiger partial charge in [-0.25, -0.2) is 0 Å². The summed E-state index contributed by atoms with van der Waals surface area (Å²) in [7, 11) is 0. The number of hydrogen-bond acceptors (Lipinski definition) is 3. The van der Waals surface area contributed by atoms with Crippen molar-refractivity contribution in [3.05, 3.63) is 90.0 Å².